The van der Waals surface area contributed by atoms with Gasteiger partial charge in [-0.25, -0.2) is 9.69 Å². The van der Waals surface area contributed by atoms with Crippen LogP contribution in [0, 0.1) is 11.3 Å². The molecule has 2 rings (SSSR count). The molecule has 1 aromatic rings. The first-order valence-electron chi connectivity index (χ1n) is 4.98. The van der Waals surface area contributed by atoms with Crippen molar-refractivity contribution in [2.24, 2.45) is 0 Å². The lowest BCUT2D eigenvalue weighted by Crippen LogP contribution is -2.33. The lowest BCUT2D eigenvalue weighted by Gasteiger charge is -2.15. The number of nitrogens with zero attached hydrogens (tertiary/aromatic N) is 3. The van der Waals surface area contributed by atoms with E-state index in [0.29, 0.717) is 10.7 Å². The third-order valence-corrected chi connectivity index (χ3v) is 3.20. The second-order valence-electron chi connectivity index (χ2n) is 3.62. The van der Waals surface area contributed by atoms with E-state index in [1.807, 2.05) is 6.07 Å². The van der Waals surface area contributed by atoms with E-state index in [-0.39, 0.29) is 18.1 Å². The SMILES string of the molecule is N#CCN1CC(=O)N(c2ccc(Cl)c(Cl)c2)C1=O. The number of nitriles is 1. The summed E-state index contributed by atoms with van der Waals surface area (Å²) in [6.45, 7) is -0.227. The highest BCUT2D eigenvalue weighted by Gasteiger charge is 2.36. The summed E-state index contributed by atoms with van der Waals surface area (Å²) in [5, 5.41) is 9.15. The quantitative estimate of drug-likeness (QED) is 0.618. The van der Waals surface area contributed by atoms with Gasteiger partial charge in [-0.2, -0.15) is 5.26 Å². The number of anilines is 1. The van der Waals surface area contributed by atoms with Crippen LogP contribution in [0.15, 0.2) is 18.2 Å². The second-order valence-corrected chi connectivity index (χ2v) is 4.44. The molecule has 3 amide bonds. The van der Waals surface area contributed by atoms with Gasteiger partial charge in [0.2, 0.25) is 0 Å². The number of benzene rings is 1. The summed E-state index contributed by atoms with van der Waals surface area (Å²) in [5.41, 5.74) is 0.347. The van der Waals surface area contributed by atoms with E-state index >= 15 is 0 Å². The molecular formula is C11H7Cl2N3O2. The Morgan fingerprint density at radius 2 is 2.00 bits per heavy atom. The lowest BCUT2D eigenvalue weighted by atomic mass is 10.3. The fourth-order valence-corrected chi connectivity index (χ4v) is 1.93. The van der Waals surface area contributed by atoms with Crippen LogP contribution in [0.2, 0.25) is 10.0 Å². The summed E-state index contributed by atoms with van der Waals surface area (Å²) >= 11 is 11.6. The molecule has 1 fully saturated rings. The first kappa shape index (κ1) is 12.7. The first-order chi connectivity index (χ1) is 8.54. The largest absolute Gasteiger partial charge is 0.332 e. The maximum Gasteiger partial charge on any atom is 0.332 e. The van der Waals surface area contributed by atoms with Crippen molar-refractivity contribution in [2.45, 2.75) is 0 Å². The number of carbonyl (C=O) groups excluding carboxylic acids is 2. The zero-order valence-corrected chi connectivity index (χ0v) is 10.6. The summed E-state index contributed by atoms with van der Waals surface area (Å²) in [4.78, 5) is 25.8. The maximum atomic E-state index is 11.9. The summed E-state index contributed by atoms with van der Waals surface area (Å²) in [5.74, 6) is -0.395. The van der Waals surface area contributed by atoms with Crippen LogP contribution in [0.25, 0.3) is 0 Å². The van der Waals surface area contributed by atoms with Crippen LogP contribution in [0.4, 0.5) is 10.5 Å². The van der Waals surface area contributed by atoms with Crippen LogP contribution in [0.1, 0.15) is 0 Å². The summed E-state index contributed by atoms with van der Waals surface area (Å²) in [7, 11) is 0. The third-order valence-electron chi connectivity index (χ3n) is 2.46. The van der Waals surface area contributed by atoms with Gasteiger partial charge in [-0.1, -0.05) is 23.2 Å². The molecule has 0 unspecified atom stereocenters. The number of hydrogen-bond acceptors (Lipinski definition) is 3. The Labute approximate surface area is 113 Å². The molecule has 1 aromatic carbocycles. The normalized spacial score (nSPS) is 15.2. The van der Waals surface area contributed by atoms with Gasteiger partial charge >= 0.3 is 6.03 Å². The van der Waals surface area contributed by atoms with Gasteiger partial charge in [0.1, 0.15) is 13.1 Å². The topological polar surface area (TPSA) is 64.4 Å². The van der Waals surface area contributed by atoms with Crippen LogP contribution >= 0.6 is 23.2 Å². The molecule has 0 saturated carbocycles. The van der Waals surface area contributed by atoms with Gasteiger partial charge in [0.15, 0.2) is 0 Å². The average Bonchev–Trinajstić information content (AvgIpc) is 2.59. The van der Waals surface area contributed by atoms with Gasteiger partial charge in [0, 0.05) is 0 Å². The second kappa shape index (κ2) is 4.84. The predicted octanol–water partition coefficient (Wildman–Crippen LogP) is 2.29. The molecule has 0 bridgehead atoms. The summed E-state index contributed by atoms with van der Waals surface area (Å²) in [6.07, 6.45) is 0. The van der Waals surface area contributed by atoms with E-state index in [0.717, 1.165) is 9.80 Å². The Bertz CT molecular complexity index is 568. The molecule has 1 saturated heterocycles. The van der Waals surface area contributed by atoms with Crippen molar-refractivity contribution in [3.8, 4) is 6.07 Å². The molecule has 0 N–H and O–H groups in total. The number of rotatable bonds is 2. The van der Waals surface area contributed by atoms with Crippen molar-refractivity contribution in [1.29, 1.82) is 5.26 Å². The average molecular weight is 284 g/mol. The molecule has 0 radical (unpaired) electrons. The van der Waals surface area contributed by atoms with Crippen LogP contribution in [-0.4, -0.2) is 29.9 Å². The van der Waals surface area contributed by atoms with Crippen molar-refractivity contribution in [1.82, 2.24) is 4.90 Å². The molecule has 0 atom stereocenters. The minimum absolute atomic E-state index is 0.105. The van der Waals surface area contributed by atoms with Gasteiger partial charge in [-0.3, -0.25) is 4.79 Å². The Kier molecular flexibility index (Phi) is 3.41. The number of amides is 3. The van der Waals surface area contributed by atoms with Crippen molar-refractivity contribution >= 4 is 40.8 Å². The van der Waals surface area contributed by atoms with Crippen LogP contribution in [0.3, 0.4) is 0 Å². The van der Waals surface area contributed by atoms with Crippen LogP contribution in [-0.2, 0) is 4.79 Å². The molecule has 1 heterocycles. The molecule has 0 spiro atoms. The molecule has 1 aliphatic rings. The van der Waals surface area contributed by atoms with Crippen molar-refractivity contribution < 1.29 is 9.59 Å². The van der Waals surface area contributed by atoms with Gasteiger partial charge in [0.25, 0.3) is 5.91 Å². The molecule has 1 aliphatic heterocycles. The van der Waals surface area contributed by atoms with E-state index in [9.17, 15) is 9.59 Å². The predicted molar refractivity (Wildman–Crippen MR) is 66.5 cm³/mol. The lowest BCUT2D eigenvalue weighted by molar-refractivity contribution is -0.116. The molecule has 92 valence electrons. The van der Waals surface area contributed by atoms with E-state index in [1.54, 1.807) is 0 Å². The summed E-state index contributed by atoms with van der Waals surface area (Å²) in [6, 6.07) is 5.78. The van der Waals surface area contributed by atoms with E-state index in [4.69, 9.17) is 28.5 Å². The Morgan fingerprint density at radius 3 is 2.61 bits per heavy atom. The van der Waals surface area contributed by atoms with E-state index in [1.165, 1.54) is 18.2 Å². The number of hydrogen-bond donors (Lipinski definition) is 0. The van der Waals surface area contributed by atoms with E-state index in [2.05, 4.69) is 0 Å². The van der Waals surface area contributed by atoms with Gasteiger partial charge < -0.3 is 4.90 Å². The summed E-state index contributed by atoms with van der Waals surface area (Å²) < 4.78 is 0. The maximum absolute atomic E-state index is 11.9. The number of imide groups is 1. The number of urea groups is 1. The fourth-order valence-electron chi connectivity index (χ4n) is 1.64. The van der Waals surface area contributed by atoms with Crippen LogP contribution < -0.4 is 4.90 Å². The highest BCUT2D eigenvalue weighted by molar-refractivity contribution is 6.42. The highest BCUT2D eigenvalue weighted by Crippen LogP contribution is 2.29. The Hall–Kier alpha value is -1.77. The van der Waals surface area contributed by atoms with Gasteiger partial charge in [0.05, 0.1) is 21.8 Å². The zero-order chi connectivity index (χ0) is 13.3. The smallest absolute Gasteiger partial charge is 0.301 e. The Balaban J connectivity index is 2.33. The van der Waals surface area contributed by atoms with Crippen molar-refractivity contribution in [2.75, 3.05) is 18.0 Å². The molecule has 7 heteroatoms. The minimum atomic E-state index is -0.528. The zero-order valence-electron chi connectivity index (χ0n) is 9.06. The highest BCUT2D eigenvalue weighted by atomic mass is 35.5. The standard InChI is InChI=1S/C11H7Cl2N3O2/c12-8-2-1-7(5-9(8)13)16-10(17)6-15(4-3-14)11(16)18/h1-2,5H,4,6H2. The van der Waals surface area contributed by atoms with Crippen LogP contribution in [0.5, 0.6) is 0 Å². The molecule has 0 aromatic heterocycles. The fraction of sp³-hybridized carbons (Fsp3) is 0.182. The monoisotopic (exact) mass is 283 g/mol. The molecule has 18 heavy (non-hydrogen) atoms. The van der Waals surface area contributed by atoms with Gasteiger partial charge in [-0.05, 0) is 18.2 Å². The van der Waals surface area contributed by atoms with Crippen molar-refractivity contribution in [3.63, 3.8) is 0 Å². The third kappa shape index (κ3) is 2.13. The first-order valence-corrected chi connectivity index (χ1v) is 5.74. The number of halogens is 2. The molecule has 0 aliphatic carbocycles. The van der Waals surface area contributed by atoms with Gasteiger partial charge in [-0.15, -0.1) is 0 Å². The van der Waals surface area contributed by atoms with Crippen molar-refractivity contribution in [3.05, 3.63) is 28.2 Å². The number of carbonyl (C=O) groups is 2. The molecule has 5 nitrogen and oxygen atoms in total. The Morgan fingerprint density at radius 1 is 1.28 bits per heavy atom. The van der Waals surface area contributed by atoms with E-state index < -0.39 is 11.9 Å². The minimum Gasteiger partial charge on any atom is -0.301 e. The molecular weight excluding hydrogens is 277 g/mol.